The molecule has 0 N–H and O–H groups in total. The van der Waals surface area contributed by atoms with E-state index in [0.29, 0.717) is 0 Å². The van der Waals surface area contributed by atoms with E-state index in [1.54, 1.807) is 0 Å². The van der Waals surface area contributed by atoms with Crippen LogP contribution in [-0.2, 0) is 21.7 Å². The zero-order chi connectivity index (χ0) is 8.81. The van der Waals surface area contributed by atoms with Crippen molar-refractivity contribution in [1.82, 2.24) is 0 Å². The van der Waals surface area contributed by atoms with Gasteiger partial charge in [-0.3, -0.25) is 12.2 Å². The van der Waals surface area contributed by atoms with E-state index in [0.717, 1.165) is 12.8 Å². The molecule has 0 bridgehead atoms. The molecule has 0 fully saturated rings. The Kier molecular flexibility index (Phi) is 6.94. The van der Waals surface area contributed by atoms with Gasteiger partial charge in [0, 0.05) is 0 Å². The molecule has 0 saturated carbocycles. The Bertz CT molecular complexity index is 221. The van der Waals surface area contributed by atoms with E-state index in [1.165, 1.54) is 11.1 Å². The van der Waals surface area contributed by atoms with Gasteiger partial charge in [0.25, 0.3) is 0 Å². The summed E-state index contributed by atoms with van der Waals surface area (Å²) >= 11 is 0. The molecule has 0 aromatic carbocycles. The minimum atomic E-state index is 0. The first kappa shape index (κ1) is 12.7. The Morgan fingerprint density at radius 1 is 0.923 bits per heavy atom. The molecular weight excluding hydrogens is 192 g/mol. The first-order valence-electron chi connectivity index (χ1n) is 4.27. The minimum Gasteiger partial charge on any atom is -0.270 e. The average molecular weight is 206 g/mol. The summed E-state index contributed by atoms with van der Waals surface area (Å²) in [6, 6.07) is 0. The van der Waals surface area contributed by atoms with Crippen molar-refractivity contribution in [1.29, 1.82) is 0 Å². The van der Waals surface area contributed by atoms with Crippen molar-refractivity contribution < 1.29 is 21.7 Å². The van der Waals surface area contributed by atoms with Gasteiger partial charge in [0.2, 0.25) is 0 Å². The molecule has 2 aliphatic rings. The minimum absolute atomic E-state index is 0. The van der Waals surface area contributed by atoms with Gasteiger partial charge in [-0.1, -0.05) is 13.8 Å². The molecule has 0 saturated heterocycles. The van der Waals surface area contributed by atoms with Crippen molar-refractivity contribution in [3.05, 3.63) is 47.6 Å². The van der Waals surface area contributed by atoms with Crippen molar-refractivity contribution in [3.8, 4) is 0 Å². The number of hydrogen-bond acceptors (Lipinski definition) is 0. The summed E-state index contributed by atoms with van der Waals surface area (Å²) in [6.45, 7) is 4.12. The van der Waals surface area contributed by atoms with Gasteiger partial charge in [-0.15, -0.1) is 12.8 Å². The van der Waals surface area contributed by atoms with E-state index in [9.17, 15) is 0 Å². The molecule has 0 amide bonds. The molecule has 0 nitrogen and oxygen atoms in total. The fourth-order valence-electron chi connectivity index (χ4n) is 1.03. The maximum Gasteiger partial charge on any atom is 2.00 e. The molecule has 0 unspecified atom stereocenters. The van der Waals surface area contributed by atoms with Crippen molar-refractivity contribution >= 4 is 0 Å². The second-order valence-electron chi connectivity index (χ2n) is 2.93. The number of allylic oxidation sites excluding steroid dienone is 8. The van der Waals surface area contributed by atoms with Crippen LogP contribution in [0.25, 0.3) is 0 Å². The quantitative estimate of drug-likeness (QED) is 0.421. The van der Waals surface area contributed by atoms with Gasteiger partial charge in [-0.2, -0.15) is 12.2 Å². The topological polar surface area (TPSA) is 0 Å². The van der Waals surface area contributed by atoms with Gasteiger partial charge in [0.1, 0.15) is 0 Å². The van der Waals surface area contributed by atoms with Crippen LogP contribution in [0.3, 0.4) is 0 Å². The van der Waals surface area contributed by atoms with Gasteiger partial charge in [-0.25, -0.2) is 23.3 Å². The molecule has 0 atom stereocenters. The fraction of sp³-hybridized carbons (Fsp3) is 0.333. The molecule has 2 aliphatic carbocycles. The van der Waals surface area contributed by atoms with E-state index in [4.69, 9.17) is 0 Å². The zero-order valence-electron chi connectivity index (χ0n) is 8.22. The average Bonchev–Trinajstić information content (AvgIpc) is 2.63. The van der Waals surface area contributed by atoms with Crippen LogP contribution in [0.15, 0.2) is 35.5 Å². The molecule has 0 aromatic heterocycles. The molecular formula is C12H14Ti. The summed E-state index contributed by atoms with van der Waals surface area (Å²) in [5.41, 5.74) is 2.55. The van der Waals surface area contributed by atoms with Crippen LogP contribution < -0.4 is 0 Å². The van der Waals surface area contributed by atoms with Gasteiger partial charge in [0.05, 0.1) is 0 Å². The SMILES string of the molecule is CC1=[C-]CC=C1.CC1=[C-]CC=C1.[Ti+2]. The number of rotatable bonds is 0. The third-order valence-corrected chi connectivity index (χ3v) is 1.73. The normalized spacial score (nSPS) is 17.1. The van der Waals surface area contributed by atoms with Gasteiger partial charge < -0.3 is 0 Å². The molecule has 13 heavy (non-hydrogen) atoms. The largest absolute Gasteiger partial charge is 2.00 e. The zero-order valence-corrected chi connectivity index (χ0v) is 9.79. The summed E-state index contributed by atoms with van der Waals surface area (Å²) < 4.78 is 0. The molecule has 0 spiro atoms. The first-order chi connectivity index (χ1) is 5.79. The maximum absolute atomic E-state index is 3.12. The molecule has 2 rings (SSSR count). The standard InChI is InChI=1S/2C6H7.Ti/c2*1-6-4-2-3-5-6;/h2*2,4H,3H2,1H3;/q2*-1;+2. The van der Waals surface area contributed by atoms with Gasteiger partial charge in [0.15, 0.2) is 0 Å². The van der Waals surface area contributed by atoms with E-state index in [2.05, 4.69) is 50.3 Å². The first-order valence-corrected chi connectivity index (χ1v) is 4.27. The molecule has 0 radical (unpaired) electrons. The summed E-state index contributed by atoms with van der Waals surface area (Å²) in [5.74, 6) is 0. The molecule has 0 aromatic rings. The molecule has 0 aliphatic heterocycles. The van der Waals surface area contributed by atoms with Crippen LogP contribution >= 0.6 is 0 Å². The van der Waals surface area contributed by atoms with Crippen molar-refractivity contribution in [2.75, 3.05) is 0 Å². The Morgan fingerprint density at radius 2 is 1.31 bits per heavy atom. The van der Waals surface area contributed by atoms with Crippen LogP contribution in [-0.4, -0.2) is 0 Å². The number of hydrogen-bond donors (Lipinski definition) is 0. The van der Waals surface area contributed by atoms with Gasteiger partial charge >= 0.3 is 21.7 Å². The molecule has 66 valence electrons. The van der Waals surface area contributed by atoms with E-state index in [-0.39, 0.29) is 21.7 Å². The summed E-state index contributed by atoms with van der Waals surface area (Å²) in [7, 11) is 0. The summed E-state index contributed by atoms with van der Waals surface area (Å²) in [4.78, 5) is 0. The second kappa shape index (κ2) is 7.11. The third kappa shape index (κ3) is 5.84. The predicted octanol–water partition coefficient (Wildman–Crippen LogP) is 3.39. The summed E-state index contributed by atoms with van der Waals surface area (Å²) in [5, 5.41) is 0. The van der Waals surface area contributed by atoms with Crippen molar-refractivity contribution in [2.45, 2.75) is 26.7 Å². The summed E-state index contributed by atoms with van der Waals surface area (Å²) in [6.07, 6.45) is 16.7. The molecule has 1 heteroatoms. The third-order valence-electron chi connectivity index (χ3n) is 1.73. The van der Waals surface area contributed by atoms with Crippen LogP contribution in [0.1, 0.15) is 26.7 Å². The Balaban J connectivity index is 0.000000206. The predicted molar refractivity (Wildman–Crippen MR) is 52.4 cm³/mol. The van der Waals surface area contributed by atoms with Crippen LogP contribution in [0, 0.1) is 12.2 Å². The van der Waals surface area contributed by atoms with Crippen LogP contribution in [0.5, 0.6) is 0 Å². The van der Waals surface area contributed by atoms with Crippen molar-refractivity contribution in [2.24, 2.45) is 0 Å². The van der Waals surface area contributed by atoms with E-state index >= 15 is 0 Å². The van der Waals surface area contributed by atoms with Crippen molar-refractivity contribution in [3.63, 3.8) is 0 Å². The smallest absolute Gasteiger partial charge is 0.270 e. The monoisotopic (exact) mass is 206 g/mol. The fourth-order valence-corrected chi connectivity index (χ4v) is 1.03. The Hall–Kier alpha value is -0.326. The Labute approximate surface area is 96.0 Å². The van der Waals surface area contributed by atoms with Crippen LogP contribution in [0.4, 0.5) is 0 Å². The van der Waals surface area contributed by atoms with Gasteiger partial charge in [-0.05, 0) is 0 Å². The van der Waals surface area contributed by atoms with E-state index < -0.39 is 0 Å². The van der Waals surface area contributed by atoms with E-state index in [1.807, 2.05) is 0 Å². The Morgan fingerprint density at radius 3 is 1.38 bits per heavy atom. The maximum atomic E-state index is 3.12. The second-order valence-corrected chi connectivity index (χ2v) is 2.93. The van der Waals surface area contributed by atoms with Crippen LogP contribution in [0.2, 0.25) is 0 Å². The molecule has 0 heterocycles.